The average Bonchev–Trinajstić information content (AvgIpc) is 2.75. The molecule has 0 radical (unpaired) electrons. The second-order valence-corrected chi connectivity index (χ2v) is 14.9. The first-order valence-corrected chi connectivity index (χ1v) is 14.7. The van der Waals surface area contributed by atoms with E-state index in [-0.39, 0.29) is 23.0 Å². The Morgan fingerprint density at radius 2 is 1.58 bits per heavy atom. The van der Waals surface area contributed by atoms with E-state index in [4.69, 9.17) is 9.47 Å². The number of methoxy groups -OCH3 is 1. The summed E-state index contributed by atoms with van der Waals surface area (Å²) in [6.45, 7) is 17.1. The first-order valence-electron chi connectivity index (χ1n) is 13.9. The lowest BCUT2D eigenvalue weighted by atomic mass is 9.57. The van der Waals surface area contributed by atoms with Crippen molar-refractivity contribution < 1.29 is 9.47 Å². The molecule has 0 aromatic heterocycles. The lowest BCUT2D eigenvalue weighted by Crippen LogP contribution is -2.39. The van der Waals surface area contributed by atoms with Gasteiger partial charge in [-0.15, -0.1) is 0 Å². The Labute approximate surface area is 228 Å². The molecule has 36 heavy (non-hydrogen) atoms. The first kappa shape index (κ1) is 27.7. The number of fused-ring (bicyclic) bond motifs is 2. The largest absolute Gasteiger partial charge is 0.467 e. The predicted molar refractivity (Wildman–Crippen MR) is 156 cm³/mol. The minimum atomic E-state index is 0.0399. The van der Waals surface area contributed by atoms with Crippen molar-refractivity contribution in [3.05, 3.63) is 52.0 Å². The van der Waals surface area contributed by atoms with Crippen molar-refractivity contribution in [3.63, 3.8) is 0 Å². The smallest absolute Gasteiger partial charge is 0.188 e. The molecule has 0 heterocycles. The number of hydrogen-bond acceptors (Lipinski definition) is 2. The van der Waals surface area contributed by atoms with Gasteiger partial charge in [0.05, 0.1) is 0 Å². The zero-order chi connectivity index (χ0) is 26.3. The zero-order valence-corrected chi connectivity index (χ0v) is 25.4. The van der Waals surface area contributed by atoms with Crippen LogP contribution in [0.15, 0.2) is 40.9 Å². The molecule has 3 heteroatoms. The molecule has 2 saturated carbocycles. The highest BCUT2D eigenvalue weighted by Gasteiger charge is 2.44. The lowest BCUT2D eigenvalue weighted by molar-refractivity contribution is 0.0465. The minimum Gasteiger partial charge on any atom is -0.467 e. The van der Waals surface area contributed by atoms with Crippen LogP contribution in [0, 0.1) is 23.2 Å². The highest BCUT2D eigenvalue weighted by Crippen LogP contribution is 2.55. The summed E-state index contributed by atoms with van der Waals surface area (Å²) in [5.74, 6) is 3.49. The Morgan fingerprint density at radius 1 is 0.944 bits per heavy atom. The van der Waals surface area contributed by atoms with Gasteiger partial charge < -0.3 is 9.47 Å². The van der Waals surface area contributed by atoms with Gasteiger partial charge in [-0.3, -0.25) is 0 Å². The number of hydrogen-bond donors (Lipinski definition) is 0. The summed E-state index contributed by atoms with van der Waals surface area (Å²) in [6.07, 6.45) is 7.75. The molecule has 2 aliphatic carbocycles. The summed E-state index contributed by atoms with van der Waals surface area (Å²) in [4.78, 5) is 0. The molecule has 2 unspecified atom stereocenters. The third kappa shape index (κ3) is 6.04. The van der Waals surface area contributed by atoms with Crippen LogP contribution in [0.1, 0.15) is 98.1 Å². The van der Waals surface area contributed by atoms with Crippen molar-refractivity contribution in [2.24, 2.45) is 23.2 Å². The minimum absolute atomic E-state index is 0.0399. The molecule has 198 valence electrons. The van der Waals surface area contributed by atoms with Crippen LogP contribution in [0.2, 0.25) is 0 Å². The molecule has 2 nitrogen and oxygen atoms in total. The SMILES string of the molecule is COCOc1c(-c2ccccc2Br)cc(C(C)(C)CC(C)(C)C)cc1C1(C)CC2CC(C)CC(C2)C1. The molecule has 0 spiro atoms. The molecule has 4 rings (SSSR count). The summed E-state index contributed by atoms with van der Waals surface area (Å²) in [5.41, 5.74) is 5.54. The van der Waals surface area contributed by atoms with Crippen LogP contribution in [0.5, 0.6) is 5.75 Å². The predicted octanol–water partition coefficient (Wildman–Crippen LogP) is 9.92. The normalized spacial score (nSPS) is 26.6. The molecule has 0 N–H and O–H groups in total. The quantitative estimate of drug-likeness (QED) is 0.317. The topological polar surface area (TPSA) is 18.5 Å². The van der Waals surface area contributed by atoms with Crippen LogP contribution in [0.4, 0.5) is 0 Å². The molecule has 2 aromatic carbocycles. The molecule has 0 saturated heterocycles. The fraction of sp³-hybridized carbons (Fsp3) is 0.636. The van der Waals surface area contributed by atoms with Crippen LogP contribution in [0.25, 0.3) is 11.1 Å². The fourth-order valence-electron chi connectivity index (χ4n) is 7.86. The summed E-state index contributed by atoms with van der Waals surface area (Å²) < 4.78 is 13.1. The van der Waals surface area contributed by atoms with Crippen LogP contribution in [-0.4, -0.2) is 13.9 Å². The van der Waals surface area contributed by atoms with Crippen LogP contribution in [-0.2, 0) is 15.6 Å². The van der Waals surface area contributed by atoms with Gasteiger partial charge >= 0.3 is 0 Å². The molecule has 2 fully saturated rings. The van der Waals surface area contributed by atoms with E-state index in [9.17, 15) is 0 Å². The molecular weight excluding hydrogens is 508 g/mol. The molecule has 0 amide bonds. The van der Waals surface area contributed by atoms with Gasteiger partial charge in [-0.2, -0.15) is 0 Å². The van der Waals surface area contributed by atoms with Gasteiger partial charge in [0.1, 0.15) is 5.75 Å². The molecule has 2 atom stereocenters. The second kappa shape index (κ2) is 10.4. The zero-order valence-electron chi connectivity index (χ0n) is 23.8. The molecule has 0 aliphatic heterocycles. The van der Waals surface area contributed by atoms with E-state index in [0.717, 1.165) is 34.4 Å². The molecule has 2 aromatic rings. The first-order chi connectivity index (χ1) is 16.8. The van der Waals surface area contributed by atoms with Gasteiger partial charge in [-0.25, -0.2) is 0 Å². The highest BCUT2D eigenvalue weighted by atomic mass is 79.9. The van der Waals surface area contributed by atoms with Crippen molar-refractivity contribution in [2.45, 2.75) is 97.8 Å². The van der Waals surface area contributed by atoms with Crippen LogP contribution in [0.3, 0.4) is 0 Å². The number of halogens is 1. The van der Waals surface area contributed by atoms with E-state index >= 15 is 0 Å². The van der Waals surface area contributed by atoms with Crippen molar-refractivity contribution in [1.82, 2.24) is 0 Å². The molecule has 2 aliphatic rings. The van der Waals surface area contributed by atoms with E-state index in [1.807, 2.05) is 0 Å². The summed E-state index contributed by atoms with van der Waals surface area (Å²) >= 11 is 3.85. The van der Waals surface area contributed by atoms with E-state index < -0.39 is 0 Å². The Bertz CT molecular complexity index is 1050. The Hall–Kier alpha value is -1.32. The van der Waals surface area contributed by atoms with Crippen molar-refractivity contribution in [3.8, 4) is 16.9 Å². The average molecular weight is 556 g/mol. The summed E-state index contributed by atoms with van der Waals surface area (Å²) in [7, 11) is 1.71. The third-order valence-corrected chi connectivity index (χ3v) is 9.29. The maximum atomic E-state index is 6.51. The van der Waals surface area contributed by atoms with Crippen molar-refractivity contribution >= 4 is 15.9 Å². The van der Waals surface area contributed by atoms with Gasteiger partial charge in [0.15, 0.2) is 6.79 Å². The highest BCUT2D eigenvalue weighted by molar-refractivity contribution is 9.10. The Kier molecular flexibility index (Phi) is 8.04. The monoisotopic (exact) mass is 554 g/mol. The van der Waals surface area contributed by atoms with E-state index in [2.05, 4.69) is 101 Å². The second-order valence-electron chi connectivity index (χ2n) is 14.1. The number of ether oxygens (including phenoxy) is 2. The standard InChI is InChI=1S/C33H47BrO2/c1-22-13-23-15-24(14-22)19-33(7,18-23)28-17-25(32(5,6)20-31(2,3)4)16-27(30(28)36-21-35-8)26-11-9-10-12-29(26)34/h9-12,16-17,22-24H,13-15,18-21H2,1-8H3. The molecule has 2 bridgehead atoms. The summed E-state index contributed by atoms with van der Waals surface area (Å²) in [6, 6.07) is 13.5. The number of rotatable bonds is 7. The summed E-state index contributed by atoms with van der Waals surface area (Å²) in [5, 5.41) is 0. The lowest BCUT2D eigenvalue weighted by Gasteiger charge is -2.48. The maximum absolute atomic E-state index is 6.51. The van der Waals surface area contributed by atoms with E-state index in [1.54, 1.807) is 7.11 Å². The van der Waals surface area contributed by atoms with Crippen LogP contribution < -0.4 is 4.74 Å². The van der Waals surface area contributed by atoms with Gasteiger partial charge in [0.2, 0.25) is 0 Å². The van der Waals surface area contributed by atoms with E-state index in [0.29, 0.717) is 0 Å². The van der Waals surface area contributed by atoms with Crippen molar-refractivity contribution in [1.29, 1.82) is 0 Å². The maximum Gasteiger partial charge on any atom is 0.188 e. The van der Waals surface area contributed by atoms with Gasteiger partial charge in [-0.1, -0.05) is 88.7 Å². The number of benzene rings is 2. The van der Waals surface area contributed by atoms with Crippen LogP contribution >= 0.6 is 15.9 Å². The van der Waals surface area contributed by atoms with Gasteiger partial charge in [0.25, 0.3) is 0 Å². The van der Waals surface area contributed by atoms with Gasteiger partial charge in [0, 0.05) is 22.7 Å². The third-order valence-electron chi connectivity index (χ3n) is 8.59. The Balaban J connectivity index is 1.94. The van der Waals surface area contributed by atoms with E-state index in [1.165, 1.54) is 54.4 Å². The van der Waals surface area contributed by atoms with Crippen molar-refractivity contribution in [2.75, 3.05) is 13.9 Å². The molecular formula is C33H47BrO2. The Morgan fingerprint density at radius 3 is 2.17 bits per heavy atom. The fourth-order valence-corrected chi connectivity index (χ4v) is 8.36. The van der Waals surface area contributed by atoms with Gasteiger partial charge in [-0.05, 0) is 95.8 Å².